The van der Waals surface area contributed by atoms with E-state index in [0.29, 0.717) is 40.6 Å². The van der Waals surface area contributed by atoms with Crippen molar-refractivity contribution in [1.29, 1.82) is 5.26 Å². The topological polar surface area (TPSA) is 101 Å². The number of para-hydroxylation sites is 1. The molecule has 1 fully saturated rings. The fourth-order valence-electron chi connectivity index (χ4n) is 4.31. The van der Waals surface area contributed by atoms with Crippen LogP contribution >= 0.6 is 0 Å². The third-order valence-electron chi connectivity index (χ3n) is 6.02. The number of aromatic nitrogens is 1. The Bertz CT molecular complexity index is 1270. The molecule has 33 heavy (non-hydrogen) atoms. The zero-order valence-corrected chi connectivity index (χ0v) is 18.3. The molecule has 2 heterocycles. The summed E-state index contributed by atoms with van der Waals surface area (Å²) in [7, 11) is 1.64. The molecule has 0 atom stereocenters. The fraction of sp³-hybridized carbons (Fsp3) is 0.320. The number of carbonyl (C=O) groups excluding carboxylic acids is 1. The molecular weight excluding hydrogens is 420 g/mol. The van der Waals surface area contributed by atoms with Crippen LogP contribution in [0.4, 0.5) is 4.79 Å². The largest absolute Gasteiger partial charge is 0.493 e. The van der Waals surface area contributed by atoms with E-state index in [4.69, 9.17) is 13.9 Å². The van der Waals surface area contributed by atoms with Crippen molar-refractivity contribution in [3.05, 3.63) is 59.6 Å². The molecular formula is C25H24N4O4. The molecule has 2 aromatic carbocycles. The van der Waals surface area contributed by atoms with Crippen LogP contribution in [0, 0.1) is 11.3 Å². The third kappa shape index (κ3) is 4.22. The number of fused-ring (bicyclic) bond motifs is 1. The van der Waals surface area contributed by atoms with E-state index in [1.807, 2.05) is 18.2 Å². The number of nitriles is 1. The maximum atomic E-state index is 12.5. The van der Waals surface area contributed by atoms with Crippen molar-refractivity contribution in [3.63, 3.8) is 0 Å². The molecule has 0 spiro atoms. The Labute approximate surface area is 191 Å². The van der Waals surface area contributed by atoms with Crippen LogP contribution in [0.3, 0.4) is 0 Å². The van der Waals surface area contributed by atoms with Gasteiger partial charge in [-0.1, -0.05) is 12.1 Å². The van der Waals surface area contributed by atoms with Gasteiger partial charge < -0.3 is 19.2 Å². The smallest absolute Gasteiger partial charge is 0.322 e. The lowest BCUT2D eigenvalue weighted by Gasteiger charge is -2.25. The van der Waals surface area contributed by atoms with Crippen LogP contribution in [0.2, 0.25) is 0 Å². The number of hydrogen-bond donors (Lipinski definition) is 1. The lowest BCUT2D eigenvalue weighted by atomic mass is 10.0. The van der Waals surface area contributed by atoms with Crippen molar-refractivity contribution in [2.75, 3.05) is 13.7 Å². The Balaban J connectivity index is 1.41. The van der Waals surface area contributed by atoms with Gasteiger partial charge in [-0.05, 0) is 61.1 Å². The number of hydrogen-bond acceptors (Lipinski definition) is 6. The van der Waals surface area contributed by atoms with E-state index >= 15 is 0 Å². The highest BCUT2D eigenvalue weighted by molar-refractivity contribution is 5.84. The molecule has 1 aliphatic carbocycles. The second-order valence-electron chi connectivity index (χ2n) is 8.20. The van der Waals surface area contributed by atoms with Crippen LogP contribution < -0.4 is 14.8 Å². The van der Waals surface area contributed by atoms with Gasteiger partial charge >= 0.3 is 6.03 Å². The molecule has 5 rings (SSSR count). The summed E-state index contributed by atoms with van der Waals surface area (Å²) >= 11 is 0. The summed E-state index contributed by atoms with van der Waals surface area (Å²) in [5.74, 6) is 1.78. The van der Waals surface area contributed by atoms with E-state index in [0.717, 1.165) is 24.0 Å². The van der Waals surface area contributed by atoms with Gasteiger partial charge in [0.25, 0.3) is 0 Å². The Kier molecular flexibility index (Phi) is 5.61. The van der Waals surface area contributed by atoms with Gasteiger partial charge in [0.05, 0.1) is 18.8 Å². The summed E-state index contributed by atoms with van der Waals surface area (Å²) in [5.41, 5.74) is 3.34. The van der Waals surface area contributed by atoms with Gasteiger partial charge in [-0.25, -0.2) is 9.78 Å². The van der Waals surface area contributed by atoms with Gasteiger partial charge in [-0.15, -0.1) is 0 Å². The summed E-state index contributed by atoms with van der Waals surface area (Å²) in [5, 5.41) is 12.2. The normalized spacial score (nSPS) is 16.4. The number of urea groups is 1. The second kappa shape index (κ2) is 8.87. The lowest BCUT2D eigenvalue weighted by molar-refractivity contribution is 0.200. The first-order valence-corrected chi connectivity index (χ1v) is 11.0. The number of methoxy groups -OCH3 is 1. The Morgan fingerprint density at radius 2 is 2.09 bits per heavy atom. The molecule has 0 bridgehead atoms. The summed E-state index contributed by atoms with van der Waals surface area (Å²) in [6, 6.07) is 12.9. The van der Waals surface area contributed by atoms with E-state index in [-0.39, 0.29) is 18.7 Å². The van der Waals surface area contributed by atoms with Crippen molar-refractivity contribution in [2.24, 2.45) is 0 Å². The molecule has 1 N–H and O–H groups in total. The average molecular weight is 444 g/mol. The standard InChI is InChI=1S/C25H24N4O4/c1-31-20-10-9-16(11-22(20)32-19-6-2-3-7-19)18-13-27-25(30)29(14-18)15-23-28-24-17(12-26)5-4-8-21(24)33-23/h4-5,8-11,14,19H,2-3,6-7,13,15H2,1H3,(H,27,30). The van der Waals surface area contributed by atoms with Gasteiger partial charge in [0.15, 0.2) is 17.1 Å². The van der Waals surface area contributed by atoms with Crippen LogP contribution in [0.25, 0.3) is 16.7 Å². The van der Waals surface area contributed by atoms with E-state index in [2.05, 4.69) is 16.4 Å². The van der Waals surface area contributed by atoms with E-state index in [1.54, 1.807) is 31.5 Å². The maximum Gasteiger partial charge on any atom is 0.322 e. The number of carbonyl (C=O) groups is 1. The predicted molar refractivity (Wildman–Crippen MR) is 122 cm³/mol. The summed E-state index contributed by atoms with van der Waals surface area (Å²) in [6.45, 7) is 0.549. The quantitative estimate of drug-likeness (QED) is 0.597. The molecule has 1 aliphatic heterocycles. The molecule has 2 aliphatic rings. The van der Waals surface area contributed by atoms with Crippen molar-refractivity contribution < 1.29 is 18.7 Å². The highest BCUT2D eigenvalue weighted by Crippen LogP contribution is 2.34. The van der Waals surface area contributed by atoms with Gasteiger partial charge in [0, 0.05) is 12.7 Å². The number of nitrogens with one attached hydrogen (secondary N) is 1. The van der Waals surface area contributed by atoms with Crippen LogP contribution in [-0.4, -0.2) is 35.7 Å². The zero-order chi connectivity index (χ0) is 22.8. The van der Waals surface area contributed by atoms with E-state index < -0.39 is 0 Å². The van der Waals surface area contributed by atoms with E-state index in [1.165, 1.54) is 17.7 Å². The minimum atomic E-state index is -0.238. The van der Waals surface area contributed by atoms with Crippen LogP contribution in [-0.2, 0) is 6.54 Å². The van der Waals surface area contributed by atoms with Crippen molar-refractivity contribution in [2.45, 2.75) is 38.3 Å². The van der Waals surface area contributed by atoms with Crippen LogP contribution in [0.5, 0.6) is 11.5 Å². The molecule has 1 aromatic heterocycles. The molecule has 3 aromatic rings. The van der Waals surface area contributed by atoms with Crippen molar-refractivity contribution in [3.8, 4) is 17.6 Å². The van der Waals surface area contributed by atoms with Crippen molar-refractivity contribution >= 4 is 22.7 Å². The Morgan fingerprint density at radius 1 is 1.24 bits per heavy atom. The molecule has 1 saturated carbocycles. The summed E-state index contributed by atoms with van der Waals surface area (Å²) in [6.07, 6.45) is 6.49. The SMILES string of the molecule is COc1ccc(C2=CN(Cc3nc4c(C#N)cccc4o3)C(=O)NC2)cc1OC1CCCC1. The molecule has 0 unspecified atom stereocenters. The Morgan fingerprint density at radius 3 is 2.88 bits per heavy atom. The number of ether oxygens (including phenoxy) is 2. The molecule has 2 amide bonds. The monoisotopic (exact) mass is 444 g/mol. The molecule has 0 saturated heterocycles. The van der Waals surface area contributed by atoms with Gasteiger partial charge in [-0.2, -0.15) is 5.26 Å². The first-order valence-electron chi connectivity index (χ1n) is 11.0. The molecule has 8 nitrogen and oxygen atoms in total. The van der Waals surface area contributed by atoms with Gasteiger partial charge in [0.2, 0.25) is 5.89 Å². The molecule has 8 heteroatoms. The first kappa shape index (κ1) is 20.9. The average Bonchev–Trinajstić information content (AvgIpc) is 3.49. The van der Waals surface area contributed by atoms with Crippen LogP contribution in [0.1, 0.15) is 42.7 Å². The minimum absolute atomic E-state index is 0.149. The number of rotatable bonds is 6. The third-order valence-corrected chi connectivity index (χ3v) is 6.02. The van der Waals surface area contributed by atoms with E-state index in [9.17, 15) is 10.1 Å². The predicted octanol–water partition coefficient (Wildman–Crippen LogP) is 4.60. The van der Waals surface area contributed by atoms with Crippen LogP contribution in [0.15, 0.2) is 47.0 Å². The van der Waals surface area contributed by atoms with Gasteiger partial charge in [0.1, 0.15) is 18.1 Å². The zero-order valence-electron chi connectivity index (χ0n) is 18.3. The van der Waals surface area contributed by atoms with Crippen molar-refractivity contribution in [1.82, 2.24) is 15.2 Å². The summed E-state index contributed by atoms with van der Waals surface area (Å²) in [4.78, 5) is 18.5. The lowest BCUT2D eigenvalue weighted by Crippen LogP contribution is -2.41. The second-order valence-corrected chi connectivity index (χ2v) is 8.20. The highest BCUT2D eigenvalue weighted by atomic mass is 16.5. The number of amides is 2. The highest BCUT2D eigenvalue weighted by Gasteiger charge is 2.23. The fourth-order valence-corrected chi connectivity index (χ4v) is 4.31. The first-order chi connectivity index (χ1) is 16.1. The molecule has 0 radical (unpaired) electrons. The number of nitrogens with zero attached hydrogens (tertiary/aromatic N) is 3. The Hall–Kier alpha value is -3.99. The molecule has 168 valence electrons. The van der Waals surface area contributed by atoms with Gasteiger partial charge in [-0.3, -0.25) is 4.90 Å². The number of oxazole rings is 1. The summed E-state index contributed by atoms with van der Waals surface area (Å²) < 4.78 is 17.5. The minimum Gasteiger partial charge on any atom is -0.493 e. The number of benzene rings is 2. The maximum absolute atomic E-state index is 12.5.